The number of amides is 1. The lowest BCUT2D eigenvalue weighted by Crippen LogP contribution is -2.43. The molecule has 2 aromatic rings. The van der Waals surface area contributed by atoms with Crippen LogP contribution in [0.3, 0.4) is 0 Å². The van der Waals surface area contributed by atoms with Gasteiger partial charge in [0.15, 0.2) is 6.61 Å². The summed E-state index contributed by atoms with van der Waals surface area (Å²) in [6.07, 6.45) is 3.55. The number of benzene rings is 2. The van der Waals surface area contributed by atoms with Crippen molar-refractivity contribution in [1.82, 2.24) is 4.31 Å². The Balaban J connectivity index is 1.58. The summed E-state index contributed by atoms with van der Waals surface area (Å²) in [6, 6.07) is 11.5. The Morgan fingerprint density at radius 2 is 1.84 bits per heavy atom. The van der Waals surface area contributed by atoms with Gasteiger partial charge in [-0.1, -0.05) is 13.3 Å². The van der Waals surface area contributed by atoms with Gasteiger partial charge >= 0.3 is 0 Å². The molecule has 166 valence electrons. The second-order valence-electron chi connectivity index (χ2n) is 7.29. The molecule has 0 unspecified atom stereocenters. The Hall–Kier alpha value is -2.98. The number of carbonyl (C=O) groups is 1. The lowest BCUT2D eigenvalue weighted by Gasteiger charge is -2.34. The molecule has 1 amide bonds. The molecule has 1 atom stereocenters. The molecule has 1 heterocycles. The van der Waals surface area contributed by atoms with Crippen molar-refractivity contribution in [2.45, 2.75) is 43.5 Å². The van der Waals surface area contributed by atoms with Crippen LogP contribution in [0.2, 0.25) is 0 Å². The minimum atomic E-state index is -3.58. The van der Waals surface area contributed by atoms with Crippen molar-refractivity contribution in [1.29, 1.82) is 0 Å². The van der Waals surface area contributed by atoms with Crippen molar-refractivity contribution >= 4 is 27.3 Å². The highest BCUT2D eigenvalue weighted by molar-refractivity contribution is 7.89. The van der Waals surface area contributed by atoms with Crippen LogP contribution >= 0.6 is 0 Å². The molecule has 1 aliphatic rings. The summed E-state index contributed by atoms with van der Waals surface area (Å²) in [5.41, 5.74) is 0.378. The van der Waals surface area contributed by atoms with E-state index in [9.17, 15) is 23.3 Å². The zero-order valence-electron chi connectivity index (χ0n) is 17.2. The van der Waals surface area contributed by atoms with E-state index in [1.807, 2.05) is 6.92 Å². The Bertz CT molecular complexity index is 1020. The molecule has 2 aromatic carbocycles. The predicted octanol–water partition coefficient (Wildman–Crippen LogP) is 3.57. The van der Waals surface area contributed by atoms with E-state index in [4.69, 9.17) is 4.74 Å². The molecule has 1 aliphatic heterocycles. The second kappa shape index (κ2) is 9.88. The van der Waals surface area contributed by atoms with Gasteiger partial charge in [-0.2, -0.15) is 4.31 Å². The van der Waals surface area contributed by atoms with Gasteiger partial charge < -0.3 is 10.1 Å². The fourth-order valence-corrected chi connectivity index (χ4v) is 5.32. The molecule has 0 spiro atoms. The van der Waals surface area contributed by atoms with E-state index in [-0.39, 0.29) is 23.2 Å². The van der Waals surface area contributed by atoms with Gasteiger partial charge in [0.1, 0.15) is 5.75 Å². The van der Waals surface area contributed by atoms with E-state index in [2.05, 4.69) is 5.32 Å². The van der Waals surface area contributed by atoms with Crippen molar-refractivity contribution in [3.63, 3.8) is 0 Å². The van der Waals surface area contributed by atoms with Crippen LogP contribution in [0.5, 0.6) is 5.75 Å². The normalized spacial score (nSPS) is 17.1. The first kappa shape index (κ1) is 22.7. The number of hydrogen-bond donors (Lipinski definition) is 1. The van der Waals surface area contributed by atoms with Crippen LogP contribution in [-0.2, 0) is 14.8 Å². The topological polar surface area (TPSA) is 119 Å². The van der Waals surface area contributed by atoms with Crippen LogP contribution in [0.1, 0.15) is 32.6 Å². The number of carbonyl (C=O) groups excluding carboxylic acids is 1. The zero-order valence-corrected chi connectivity index (χ0v) is 18.0. The largest absolute Gasteiger partial charge is 0.484 e. The number of hydrogen-bond acceptors (Lipinski definition) is 6. The number of anilines is 1. The van der Waals surface area contributed by atoms with Crippen molar-refractivity contribution < 1.29 is 22.9 Å². The molecule has 1 saturated heterocycles. The maximum Gasteiger partial charge on any atom is 0.269 e. The summed E-state index contributed by atoms with van der Waals surface area (Å²) in [6.45, 7) is 2.24. The number of rotatable bonds is 8. The van der Waals surface area contributed by atoms with Crippen molar-refractivity contribution in [2.75, 3.05) is 18.5 Å². The Morgan fingerprint density at radius 1 is 1.16 bits per heavy atom. The maximum absolute atomic E-state index is 13.0. The third-order valence-corrected chi connectivity index (χ3v) is 7.17. The third kappa shape index (κ3) is 5.59. The molecule has 1 fully saturated rings. The van der Waals surface area contributed by atoms with Crippen LogP contribution < -0.4 is 10.1 Å². The average molecular weight is 448 g/mol. The maximum atomic E-state index is 13.0. The quantitative estimate of drug-likeness (QED) is 0.488. The first-order valence-corrected chi connectivity index (χ1v) is 11.5. The molecule has 9 nitrogen and oxygen atoms in total. The first-order valence-electron chi connectivity index (χ1n) is 10.1. The predicted molar refractivity (Wildman–Crippen MR) is 115 cm³/mol. The van der Waals surface area contributed by atoms with Gasteiger partial charge in [0, 0.05) is 30.4 Å². The number of nitro groups is 1. The van der Waals surface area contributed by atoms with Crippen molar-refractivity contribution in [2.24, 2.45) is 0 Å². The molecule has 0 saturated carbocycles. The van der Waals surface area contributed by atoms with Gasteiger partial charge in [-0.25, -0.2) is 8.42 Å². The molecule has 3 rings (SSSR count). The van der Waals surface area contributed by atoms with Crippen LogP contribution in [0.4, 0.5) is 11.4 Å². The summed E-state index contributed by atoms with van der Waals surface area (Å²) in [7, 11) is -3.58. The van der Waals surface area contributed by atoms with Crippen molar-refractivity contribution in [3.05, 3.63) is 58.6 Å². The number of sulfonamides is 1. The fourth-order valence-electron chi connectivity index (χ4n) is 3.55. The lowest BCUT2D eigenvalue weighted by atomic mass is 10.0. The van der Waals surface area contributed by atoms with E-state index in [1.54, 1.807) is 16.4 Å². The summed E-state index contributed by atoms with van der Waals surface area (Å²) < 4.78 is 32.9. The highest BCUT2D eigenvalue weighted by Gasteiger charge is 2.32. The van der Waals surface area contributed by atoms with E-state index >= 15 is 0 Å². The summed E-state index contributed by atoms with van der Waals surface area (Å²) in [5.74, 6) is -0.106. The van der Waals surface area contributed by atoms with Crippen LogP contribution in [0, 0.1) is 10.1 Å². The molecule has 0 bridgehead atoms. The average Bonchev–Trinajstić information content (AvgIpc) is 2.78. The number of nitrogens with one attached hydrogen (secondary N) is 1. The SMILES string of the molecule is CC[C@H]1CCCCN1S(=O)(=O)c1ccc(NC(=O)COc2ccc([N+](=O)[O-])cc2)cc1. The van der Waals surface area contributed by atoms with Crippen molar-refractivity contribution in [3.8, 4) is 5.75 Å². The van der Waals surface area contributed by atoms with Gasteiger partial charge in [0.05, 0.1) is 9.82 Å². The highest BCUT2D eigenvalue weighted by Crippen LogP contribution is 2.27. The third-order valence-electron chi connectivity index (χ3n) is 5.21. The van der Waals surface area contributed by atoms with E-state index in [0.717, 1.165) is 25.7 Å². The Kier molecular flexibility index (Phi) is 7.24. The van der Waals surface area contributed by atoms with Gasteiger partial charge in [-0.15, -0.1) is 0 Å². The molecular weight excluding hydrogens is 422 g/mol. The van der Waals surface area contributed by atoms with E-state index < -0.39 is 20.9 Å². The lowest BCUT2D eigenvalue weighted by molar-refractivity contribution is -0.384. The molecule has 10 heteroatoms. The van der Waals surface area contributed by atoms with Gasteiger partial charge in [0.2, 0.25) is 10.0 Å². The zero-order chi connectivity index (χ0) is 22.4. The summed E-state index contributed by atoms with van der Waals surface area (Å²) in [5, 5.41) is 13.3. The minimum Gasteiger partial charge on any atom is -0.484 e. The smallest absolute Gasteiger partial charge is 0.269 e. The number of nitro benzene ring substituents is 1. The summed E-state index contributed by atoms with van der Waals surface area (Å²) >= 11 is 0. The van der Waals surface area contributed by atoms with Gasteiger partial charge in [0.25, 0.3) is 11.6 Å². The standard InChI is InChI=1S/C21H25N3O6S/c1-2-17-5-3-4-14-23(17)31(28,29)20-12-6-16(7-13-20)22-21(25)15-30-19-10-8-18(9-11-19)24(26)27/h6-13,17H,2-5,14-15H2,1H3,(H,22,25)/t17-/m0/s1. The number of nitrogens with zero attached hydrogens (tertiary/aromatic N) is 2. The highest BCUT2D eigenvalue weighted by atomic mass is 32.2. The minimum absolute atomic E-state index is 0.0229. The molecular formula is C21H25N3O6S. The van der Waals surface area contributed by atoms with Crippen LogP contribution in [0.25, 0.3) is 0 Å². The molecule has 0 aliphatic carbocycles. The molecule has 31 heavy (non-hydrogen) atoms. The first-order chi connectivity index (χ1) is 14.8. The summed E-state index contributed by atoms with van der Waals surface area (Å²) in [4.78, 5) is 22.4. The second-order valence-corrected chi connectivity index (χ2v) is 9.18. The fraction of sp³-hybridized carbons (Fsp3) is 0.381. The number of ether oxygens (including phenoxy) is 1. The monoisotopic (exact) mass is 447 g/mol. The molecule has 0 radical (unpaired) electrons. The number of piperidine rings is 1. The number of non-ortho nitro benzene ring substituents is 1. The Morgan fingerprint density at radius 3 is 2.45 bits per heavy atom. The van der Waals surface area contributed by atoms with E-state index in [1.165, 1.54) is 36.4 Å². The molecule has 1 N–H and O–H groups in total. The van der Waals surface area contributed by atoms with Crippen LogP contribution in [-0.4, -0.2) is 42.7 Å². The van der Waals surface area contributed by atoms with E-state index in [0.29, 0.717) is 18.0 Å². The van der Waals surface area contributed by atoms with Crippen LogP contribution in [0.15, 0.2) is 53.4 Å². The Labute approximate surface area is 181 Å². The molecule has 0 aromatic heterocycles. The van der Waals surface area contributed by atoms with Gasteiger partial charge in [-0.3, -0.25) is 14.9 Å². The van der Waals surface area contributed by atoms with Gasteiger partial charge in [-0.05, 0) is 55.7 Å².